The molecule has 102 valence electrons. The Kier molecular flexibility index (Phi) is 7.47. The van der Waals surface area contributed by atoms with Crippen LogP contribution in [0.3, 0.4) is 0 Å². The highest BCUT2D eigenvalue weighted by molar-refractivity contribution is 8.09. The molecular weight excluding hydrogens is 269 g/mol. The van der Waals surface area contributed by atoms with Gasteiger partial charge in [-0.05, 0) is 37.8 Å². The maximum atomic E-state index is 5.76. The van der Waals surface area contributed by atoms with Crippen molar-refractivity contribution in [2.24, 2.45) is 0 Å². The summed E-state index contributed by atoms with van der Waals surface area (Å²) in [6, 6.07) is 9.47. The van der Waals surface area contributed by atoms with Crippen molar-refractivity contribution in [2.75, 3.05) is 26.4 Å². The van der Waals surface area contributed by atoms with E-state index in [1.165, 1.54) is 0 Å². The normalized spacial score (nSPS) is 14.1. The first-order chi connectivity index (χ1) is 8.70. The third-order valence-electron chi connectivity index (χ3n) is 2.02. The minimum atomic E-state index is -2.48. The lowest BCUT2D eigenvalue weighted by Crippen LogP contribution is -2.21. The lowest BCUT2D eigenvalue weighted by Gasteiger charge is -2.23. The summed E-state index contributed by atoms with van der Waals surface area (Å²) in [4.78, 5) is 0. The highest BCUT2D eigenvalue weighted by Gasteiger charge is 2.19. The maximum absolute atomic E-state index is 5.76. The van der Waals surface area contributed by atoms with Crippen LogP contribution in [0.4, 0.5) is 0 Å². The maximum Gasteiger partial charge on any atom is 0.312 e. The Bertz CT molecular complexity index is 375. The van der Waals surface area contributed by atoms with Crippen molar-refractivity contribution in [1.29, 1.82) is 0 Å². The molecule has 0 spiro atoms. The van der Waals surface area contributed by atoms with Gasteiger partial charge < -0.3 is 13.8 Å². The highest BCUT2D eigenvalue weighted by atomic mass is 32.5. The van der Waals surface area contributed by atoms with Gasteiger partial charge in [-0.2, -0.15) is 0 Å². The van der Waals surface area contributed by atoms with E-state index in [9.17, 15) is 0 Å². The van der Waals surface area contributed by atoms with Gasteiger partial charge in [0.1, 0.15) is 5.75 Å². The first-order valence-corrected chi connectivity index (χ1v) is 8.66. The van der Waals surface area contributed by atoms with Gasteiger partial charge in [0.05, 0.1) is 13.2 Å². The largest absolute Gasteiger partial charge is 0.433 e. The minimum absolute atomic E-state index is 0.520. The van der Waals surface area contributed by atoms with Gasteiger partial charge in [0.25, 0.3) is 0 Å². The van der Waals surface area contributed by atoms with E-state index in [2.05, 4.69) is 5.09 Å². The van der Waals surface area contributed by atoms with Gasteiger partial charge in [-0.1, -0.05) is 18.2 Å². The monoisotopic (exact) mass is 289 g/mol. The zero-order valence-electron chi connectivity index (χ0n) is 10.8. The Morgan fingerprint density at radius 1 is 1.17 bits per heavy atom. The SMILES string of the molecule is CCOCCNP(=S)(OCC)Oc1ccccc1. The molecule has 1 unspecified atom stereocenters. The molecule has 0 heterocycles. The van der Waals surface area contributed by atoms with E-state index in [1.807, 2.05) is 44.2 Å². The third-order valence-corrected chi connectivity index (χ3v) is 4.61. The van der Waals surface area contributed by atoms with Crippen LogP contribution in [0.5, 0.6) is 5.75 Å². The molecule has 1 atom stereocenters. The number of hydrogen-bond donors (Lipinski definition) is 1. The number of nitrogens with one attached hydrogen (secondary N) is 1. The van der Waals surface area contributed by atoms with Crippen molar-refractivity contribution in [3.8, 4) is 5.75 Å². The molecule has 0 aliphatic carbocycles. The number of rotatable bonds is 9. The summed E-state index contributed by atoms with van der Waals surface area (Å²) in [6.07, 6.45) is 0. The lowest BCUT2D eigenvalue weighted by molar-refractivity contribution is 0.151. The van der Waals surface area contributed by atoms with Crippen LogP contribution in [0.1, 0.15) is 13.8 Å². The molecule has 0 amide bonds. The fourth-order valence-corrected chi connectivity index (χ4v) is 3.45. The van der Waals surface area contributed by atoms with Crippen molar-refractivity contribution >= 4 is 18.4 Å². The third kappa shape index (κ3) is 5.94. The molecule has 0 aliphatic heterocycles. The van der Waals surface area contributed by atoms with Gasteiger partial charge in [-0.3, -0.25) is 0 Å². The van der Waals surface area contributed by atoms with Crippen LogP contribution in [0, 0.1) is 0 Å². The van der Waals surface area contributed by atoms with Crippen LogP contribution in [0.25, 0.3) is 0 Å². The summed E-state index contributed by atoms with van der Waals surface area (Å²) in [5, 5.41) is 3.14. The average Bonchev–Trinajstić information content (AvgIpc) is 2.36. The van der Waals surface area contributed by atoms with E-state index < -0.39 is 6.64 Å². The van der Waals surface area contributed by atoms with Crippen molar-refractivity contribution in [3.05, 3.63) is 30.3 Å². The molecule has 0 aromatic heterocycles. The van der Waals surface area contributed by atoms with E-state index in [0.29, 0.717) is 26.4 Å². The number of ether oxygens (including phenoxy) is 1. The molecule has 0 bridgehead atoms. The minimum Gasteiger partial charge on any atom is -0.433 e. The second-order valence-electron chi connectivity index (χ2n) is 3.42. The fraction of sp³-hybridized carbons (Fsp3) is 0.500. The molecule has 0 fully saturated rings. The van der Waals surface area contributed by atoms with Crippen LogP contribution in [-0.2, 0) is 21.1 Å². The molecule has 1 N–H and O–H groups in total. The Morgan fingerprint density at radius 2 is 1.89 bits per heavy atom. The molecule has 1 aromatic rings. The van der Waals surface area contributed by atoms with Crippen LogP contribution < -0.4 is 9.61 Å². The van der Waals surface area contributed by atoms with Crippen molar-refractivity contribution < 1.29 is 13.8 Å². The number of benzene rings is 1. The molecule has 1 aromatic carbocycles. The van der Waals surface area contributed by atoms with E-state index in [0.717, 1.165) is 5.75 Å². The van der Waals surface area contributed by atoms with E-state index in [4.69, 9.17) is 25.6 Å². The summed E-state index contributed by atoms with van der Waals surface area (Å²) in [7, 11) is 0. The van der Waals surface area contributed by atoms with Crippen LogP contribution >= 0.6 is 6.64 Å². The summed E-state index contributed by atoms with van der Waals surface area (Å²) in [5.41, 5.74) is 0. The van der Waals surface area contributed by atoms with Gasteiger partial charge in [0.15, 0.2) is 0 Å². The summed E-state index contributed by atoms with van der Waals surface area (Å²) in [6.45, 7) is 3.81. The first kappa shape index (κ1) is 15.6. The Hall–Kier alpha value is -0.450. The quantitative estimate of drug-likeness (QED) is 0.559. The predicted octanol–water partition coefficient (Wildman–Crippen LogP) is 2.95. The Balaban J connectivity index is 2.54. The fourth-order valence-electron chi connectivity index (χ4n) is 1.29. The summed E-state index contributed by atoms with van der Waals surface area (Å²) >= 11 is 5.43. The van der Waals surface area contributed by atoms with Crippen molar-refractivity contribution in [3.63, 3.8) is 0 Å². The zero-order chi connectivity index (χ0) is 13.3. The predicted molar refractivity (Wildman–Crippen MR) is 77.5 cm³/mol. The van der Waals surface area contributed by atoms with Gasteiger partial charge in [0.2, 0.25) is 0 Å². The molecule has 0 saturated heterocycles. The topological polar surface area (TPSA) is 39.7 Å². The van der Waals surface area contributed by atoms with Gasteiger partial charge in [-0.15, -0.1) is 0 Å². The average molecular weight is 289 g/mol. The molecule has 1 rings (SSSR count). The standard InChI is InChI=1S/C12H20NO3PS/c1-3-14-11-10-13-17(18,15-4-2)16-12-8-6-5-7-9-12/h5-9H,3-4,10-11H2,1-2H3,(H,13,18). The van der Waals surface area contributed by atoms with Gasteiger partial charge >= 0.3 is 6.64 Å². The highest BCUT2D eigenvalue weighted by Crippen LogP contribution is 2.44. The molecule has 0 aliphatic rings. The first-order valence-electron chi connectivity index (χ1n) is 6.02. The van der Waals surface area contributed by atoms with Gasteiger partial charge in [0, 0.05) is 13.2 Å². The summed E-state index contributed by atoms with van der Waals surface area (Å²) < 4.78 is 16.6. The summed E-state index contributed by atoms with van der Waals surface area (Å²) in [5.74, 6) is 0.721. The second-order valence-corrected chi connectivity index (χ2v) is 6.62. The second kappa shape index (κ2) is 8.62. The van der Waals surface area contributed by atoms with Crippen LogP contribution in [0.2, 0.25) is 0 Å². The van der Waals surface area contributed by atoms with E-state index >= 15 is 0 Å². The Morgan fingerprint density at radius 3 is 2.50 bits per heavy atom. The number of para-hydroxylation sites is 1. The smallest absolute Gasteiger partial charge is 0.312 e. The molecule has 0 saturated carbocycles. The van der Waals surface area contributed by atoms with Crippen LogP contribution in [0.15, 0.2) is 30.3 Å². The molecule has 4 nitrogen and oxygen atoms in total. The zero-order valence-corrected chi connectivity index (χ0v) is 12.5. The van der Waals surface area contributed by atoms with Crippen molar-refractivity contribution in [1.82, 2.24) is 5.09 Å². The molecule has 6 heteroatoms. The molecule has 18 heavy (non-hydrogen) atoms. The van der Waals surface area contributed by atoms with E-state index in [-0.39, 0.29) is 0 Å². The molecular formula is C12H20NO3PS. The van der Waals surface area contributed by atoms with E-state index in [1.54, 1.807) is 0 Å². The lowest BCUT2D eigenvalue weighted by atomic mass is 10.3. The van der Waals surface area contributed by atoms with Gasteiger partial charge in [-0.25, -0.2) is 5.09 Å². The van der Waals surface area contributed by atoms with Crippen LogP contribution in [-0.4, -0.2) is 26.4 Å². The Labute approximate surface area is 114 Å². The van der Waals surface area contributed by atoms with Crippen molar-refractivity contribution in [2.45, 2.75) is 13.8 Å². The number of hydrogen-bond acceptors (Lipinski definition) is 4. The molecule has 0 radical (unpaired) electrons.